The summed E-state index contributed by atoms with van der Waals surface area (Å²) < 4.78 is 0. The zero-order chi connectivity index (χ0) is 13.9. The molecule has 0 aromatic heterocycles. The Morgan fingerprint density at radius 1 is 1.15 bits per heavy atom. The average molecular weight is 259 g/mol. The van der Waals surface area contributed by atoms with Gasteiger partial charge >= 0.3 is 0 Å². The normalized spacial score (nSPS) is 13.7. The Morgan fingerprint density at radius 2 is 1.95 bits per heavy atom. The Labute approximate surface area is 119 Å². The molecule has 0 saturated carbocycles. The quantitative estimate of drug-likeness (QED) is 0.729. The molecule has 0 atom stereocenters. The van der Waals surface area contributed by atoms with Gasteiger partial charge in [0, 0.05) is 17.2 Å². The van der Waals surface area contributed by atoms with Crippen LogP contribution in [0.25, 0.3) is 29.0 Å². The van der Waals surface area contributed by atoms with Gasteiger partial charge in [-0.2, -0.15) is 0 Å². The number of rotatable bonds is 2. The van der Waals surface area contributed by atoms with Crippen LogP contribution in [0.15, 0.2) is 48.0 Å². The van der Waals surface area contributed by atoms with Gasteiger partial charge in [0.1, 0.15) is 0 Å². The standard InChI is InChI=1S/C19H17N/c1-3-14-15-10-6-5-7-11-16(15)17-12-8-9-13-18(17)19(14)20-4-2/h3-6,8-13H,1,7H2,2H3. The van der Waals surface area contributed by atoms with Gasteiger partial charge in [-0.05, 0) is 29.2 Å². The summed E-state index contributed by atoms with van der Waals surface area (Å²) in [5.41, 5.74) is 2.12. The number of aliphatic imine (C=N–C) groups is 1. The van der Waals surface area contributed by atoms with Gasteiger partial charge in [0.2, 0.25) is 0 Å². The van der Waals surface area contributed by atoms with Crippen molar-refractivity contribution in [1.82, 2.24) is 0 Å². The van der Waals surface area contributed by atoms with E-state index in [2.05, 4.69) is 60.1 Å². The minimum Gasteiger partial charge on any atom is -0.260 e. The second kappa shape index (κ2) is 5.30. The first kappa shape index (κ1) is 12.6. The van der Waals surface area contributed by atoms with Crippen molar-refractivity contribution in [1.29, 1.82) is 0 Å². The summed E-state index contributed by atoms with van der Waals surface area (Å²) in [4.78, 5) is 4.59. The lowest BCUT2D eigenvalue weighted by atomic mass is 9.98. The average Bonchev–Trinajstić information content (AvgIpc) is 2.74. The molecule has 1 aliphatic rings. The summed E-state index contributed by atoms with van der Waals surface area (Å²) in [6, 6.07) is 8.46. The van der Waals surface area contributed by atoms with Crippen LogP contribution in [0.2, 0.25) is 0 Å². The van der Waals surface area contributed by atoms with Crippen molar-refractivity contribution in [3.63, 3.8) is 0 Å². The Kier molecular flexibility index (Phi) is 3.34. The molecule has 0 aliphatic heterocycles. The Balaban J connectivity index is 2.65. The maximum absolute atomic E-state index is 4.59. The monoisotopic (exact) mass is 259 g/mol. The Bertz CT molecular complexity index is 851. The molecule has 0 spiro atoms. The van der Waals surface area contributed by atoms with Crippen LogP contribution in [-0.2, 0) is 0 Å². The molecule has 0 N–H and O–H groups in total. The van der Waals surface area contributed by atoms with Crippen molar-refractivity contribution in [3.8, 4) is 0 Å². The second-order valence-electron chi connectivity index (χ2n) is 4.76. The summed E-state index contributed by atoms with van der Waals surface area (Å²) in [6.07, 6.45) is 13.4. The first-order valence-electron chi connectivity index (χ1n) is 6.89. The van der Waals surface area contributed by atoms with Crippen LogP contribution in [0, 0.1) is 0 Å². The number of fused-ring (bicyclic) bond motifs is 3. The number of benzene rings is 2. The fourth-order valence-corrected chi connectivity index (χ4v) is 2.79. The highest BCUT2D eigenvalue weighted by Gasteiger charge is 2.09. The third kappa shape index (κ3) is 1.92. The van der Waals surface area contributed by atoms with E-state index in [-0.39, 0.29) is 0 Å². The molecule has 0 saturated heterocycles. The van der Waals surface area contributed by atoms with E-state index in [0.717, 1.165) is 17.7 Å². The van der Waals surface area contributed by atoms with Gasteiger partial charge < -0.3 is 0 Å². The van der Waals surface area contributed by atoms with Crippen LogP contribution in [-0.4, -0.2) is 6.21 Å². The molecule has 98 valence electrons. The van der Waals surface area contributed by atoms with E-state index in [1.807, 2.05) is 19.2 Å². The summed E-state index contributed by atoms with van der Waals surface area (Å²) in [5, 5.41) is 4.95. The maximum atomic E-state index is 4.59. The van der Waals surface area contributed by atoms with E-state index < -0.39 is 0 Å². The van der Waals surface area contributed by atoms with Crippen LogP contribution in [0.3, 0.4) is 0 Å². The molecule has 1 aliphatic carbocycles. The van der Waals surface area contributed by atoms with Gasteiger partial charge in [0.05, 0.1) is 5.69 Å². The van der Waals surface area contributed by atoms with Gasteiger partial charge in [0.25, 0.3) is 0 Å². The molecule has 0 heterocycles. The number of nitrogens with zero attached hydrogens (tertiary/aromatic N) is 1. The molecule has 0 unspecified atom stereocenters. The van der Waals surface area contributed by atoms with E-state index in [0.29, 0.717) is 0 Å². The van der Waals surface area contributed by atoms with Gasteiger partial charge in [-0.25, -0.2) is 0 Å². The van der Waals surface area contributed by atoms with Gasteiger partial charge in [-0.15, -0.1) is 0 Å². The molecule has 2 aromatic carbocycles. The second-order valence-corrected chi connectivity index (χ2v) is 4.76. The molecule has 1 heteroatoms. The zero-order valence-corrected chi connectivity index (χ0v) is 11.6. The van der Waals surface area contributed by atoms with Crippen LogP contribution in [0.4, 0.5) is 5.69 Å². The first-order valence-corrected chi connectivity index (χ1v) is 6.89. The van der Waals surface area contributed by atoms with Crippen molar-refractivity contribution in [2.24, 2.45) is 4.99 Å². The molecule has 0 radical (unpaired) electrons. The Morgan fingerprint density at radius 3 is 2.70 bits per heavy atom. The SMILES string of the molecule is C=Cc1c(N=CC)c2ccccc2c2c1=CC=CCC=2. The third-order valence-electron chi connectivity index (χ3n) is 3.63. The largest absolute Gasteiger partial charge is 0.260 e. The van der Waals surface area contributed by atoms with Crippen molar-refractivity contribution < 1.29 is 0 Å². The molecule has 0 fully saturated rings. The highest BCUT2D eigenvalue weighted by atomic mass is 14.7. The summed E-state index contributed by atoms with van der Waals surface area (Å²) in [6.45, 7) is 5.93. The zero-order valence-electron chi connectivity index (χ0n) is 11.6. The lowest BCUT2D eigenvalue weighted by Crippen LogP contribution is -2.28. The van der Waals surface area contributed by atoms with Gasteiger partial charge in [0.15, 0.2) is 0 Å². The van der Waals surface area contributed by atoms with Crippen LogP contribution < -0.4 is 10.4 Å². The molecule has 2 aromatic rings. The van der Waals surface area contributed by atoms with Crippen molar-refractivity contribution in [2.75, 3.05) is 0 Å². The summed E-state index contributed by atoms with van der Waals surface area (Å²) >= 11 is 0. The van der Waals surface area contributed by atoms with Gasteiger partial charge in [-0.3, -0.25) is 4.99 Å². The van der Waals surface area contributed by atoms with E-state index in [9.17, 15) is 0 Å². The highest BCUT2D eigenvalue weighted by molar-refractivity contribution is 5.98. The molecular weight excluding hydrogens is 242 g/mol. The fourth-order valence-electron chi connectivity index (χ4n) is 2.79. The molecule has 3 rings (SSSR count). The molecule has 20 heavy (non-hydrogen) atoms. The lowest BCUT2D eigenvalue weighted by Gasteiger charge is -2.09. The summed E-state index contributed by atoms with van der Waals surface area (Å²) in [5.74, 6) is 0. The molecular formula is C19H17N. The van der Waals surface area contributed by atoms with Crippen LogP contribution in [0.1, 0.15) is 18.9 Å². The van der Waals surface area contributed by atoms with E-state index >= 15 is 0 Å². The maximum Gasteiger partial charge on any atom is 0.0782 e. The lowest BCUT2D eigenvalue weighted by molar-refractivity contribution is 1.45. The van der Waals surface area contributed by atoms with Crippen molar-refractivity contribution in [3.05, 3.63) is 59.0 Å². The smallest absolute Gasteiger partial charge is 0.0782 e. The highest BCUT2D eigenvalue weighted by Crippen LogP contribution is 2.26. The molecule has 0 bridgehead atoms. The van der Waals surface area contributed by atoms with Crippen LogP contribution >= 0.6 is 0 Å². The third-order valence-corrected chi connectivity index (χ3v) is 3.63. The minimum atomic E-state index is 0.959. The number of hydrogen-bond acceptors (Lipinski definition) is 1. The van der Waals surface area contributed by atoms with E-state index in [4.69, 9.17) is 0 Å². The first-order chi connectivity index (χ1) is 9.86. The van der Waals surface area contributed by atoms with Gasteiger partial charge in [-0.1, -0.05) is 61.2 Å². The number of hydrogen-bond donors (Lipinski definition) is 0. The molecule has 0 amide bonds. The van der Waals surface area contributed by atoms with E-state index in [1.54, 1.807) is 0 Å². The minimum absolute atomic E-state index is 0.959. The fraction of sp³-hybridized carbons (Fsp3) is 0.105. The van der Waals surface area contributed by atoms with E-state index in [1.165, 1.54) is 21.2 Å². The number of allylic oxidation sites excluding steroid dienone is 2. The van der Waals surface area contributed by atoms with Crippen molar-refractivity contribution in [2.45, 2.75) is 13.3 Å². The topological polar surface area (TPSA) is 12.4 Å². The summed E-state index contributed by atoms with van der Waals surface area (Å²) in [7, 11) is 0. The van der Waals surface area contributed by atoms with Crippen LogP contribution in [0.5, 0.6) is 0 Å². The van der Waals surface area contributed by atoms with Crippen molar-refractivity contribution >= 4 is 40.9 Å². The molecule has 1 nitrogen and oxygen atoms in total. The predicted molar refractivity (Wildman–Crippen MR) is 89.8 cm³/mol. The predicted octanol–water partition coefficient (Wildman–Crippen LogP) is 3.73. The Hall–Kier alpha value is -2.41.